The molecule has 1 saturated heterocycles. The first kappa shape index (κ1) is 15.0. The van der Waals surface area contributed by atoms with Crippen LogP contribution in [0, 0.1) is 0 Å². The van der Waals surface area contributed by atoms with E-state index < -0.39 is 0 Å². The molecule has 1 aromatic carbocycles. The van der Waals surface area contributed by atoms with Gasteiger partial charge in [0.15, 0.2) is 11.5 Å². The van der Waals surface area contributed by atoms with Gasteiger partial charge in [-0.2, -0.15) is 0 Å². The van der Waals surface area contributed by atoms with Crippen LogP contribution in [-0.4, -0.2) is 44.3 Å². The summed E-state index contributed by atoms with van der Waals surface area (Å²) in [5, 5.41) is 3.51. The molecule has 20 heavy (non-hydrogen) atoms. The number of hydrogen-bond donors (Lipinski definition) is 1. The van der Waals surface area contributed by atoms with Crippen molar-refractivity contribution in [2.75, 3.05) is 38.7 Å². The van der Waals surface area contributed by atoms with Crippen molar-refractivity contribution < 1.29 is 9.47 Å². The second-order valence-corrected chi connectivity index (χ2v) is 5.19. The Balaban J connectivity index is 1.98. The minimum Gasteiger partial charge on any atom is -0.490 e. The van der Waals surface area contributed by atoms with E-state index in [1.807, 2.05) is 26.0 Å². The fraction of sp³-hybridized carbons (Fsp3) is 0.625. The highest BCUT2D eigenvalue weighted by Crippen LogP contribution is 2.30. The van der Waals surface area contributed by atoms with Crippen LogP contribution in [0.25, 0.3) is 0 Å². The zero-order chi connectivity index (χ0) is 14.4. The summed E-state index contributed by atoms with van der Waals surface area (Å²) in [6.07, 6.45) is 2.58. The minimum atomic E-state index is 0.636. The van der Waals surface area contributed by atoms with Gasteiger partial charge in [0.25, 0.3) is 0 Å². The second kappa shape index (κ2) is 7.39. The molecule has 1 aromatic rings. The topological polar surface area (TPSA) is 33.7 Å². The largest absolute Gasteiger partial charge is 0.490 e. The molecule has 0 amide bonds. The van der Waals surface area contributed by atoms with Gasteiger partial charge in [0.05, 0.1) is 13.2 Å². The highest BCUT2D eigenvalue weighted by atomic mass is 16.5. The van der Waals surface area contributed by atoms with E-state index in [0.717, 1.165) is 23.7 Å². The van der Waals surface area contributed by atoms with Crippen molar-refractivity contribution in [1.82, 2.24) is 4.90 Å². The lowest BCUT2D eigenvalue weighted by molar-refractivity contribution is 0.288. The van der Waals surface area contributed by atoms with Gasteiger partial charge in [0, 0.05) is 24.3 Å². The summed E-state index contributed by atoms with van der Waals surface area (Å²) < 4.78 is 11.2. The van der Waals surface area contributed by atoms with Crippen molar-refractivity contribution in [2.45, 2.75) is 32.7 Å². The summed E-state index contributed by atoms with van der Waals surface area (Å²) in [5.41, 5.74) is 1.09. The van der Waals surface area contributed by atoms with Gasteiger partial charge in [-0.15, -0.1) is 0 Å². The van der Waals surface area contributed by atoms with E-state index in [-0.39, 0.29) is 0 Å². The lowest BCUT2D eigenvalue weighted by atomic mass is 10.2. The average molecular weight is 278 g/mol. The molecule has 1 heterocycles. The molecular formula is C16H26N2O2. The van der Waals surface area contributed by atoms with E-state index in [1.165, 1.54) is 19.4 Å². The van der Waals surface area contributed by atoms with Crippen molar-refractivity contribution in [3.05, 3.63) is 18.2 Å². The van der Waals surface area contributed by atoms with E-state index in [1.54, 1.807) is 0 Å². The van der Waals surface area contributed by atoms with Crippen molar-refractivity contribution in [2.24, 2.45) is 0 Å². The molecule has 0 aliphatic carbocycles. The maximum absolute atomic E-state index is 5.65. The molecular weight excluding hydrogens is 252 g/mol. The van der Waals surface area contributed by atoms with Gasteiger partial charge in [-0.25, -0.2) is 0 Å². The lowest BCUT2D eigenvalue weighted by Crippen LogP contribution is -2.31. The SMILES string of the molecule is CCOc1ccc(NCC2CCCN2C)cc1OCC. The summed E-state index contributed by atoms with van der Waals surface area (Å²) in [6, 6.07) is 6.71. The van der Waals surface area contributed by atoms with Gasteiger partial charge < -0.3 is 19.7 Å². The number of hydrogen-bond acceptors (Lipinski definition) is 4. The Morgan fingerprint density at radius 1 is 1.20 bits per heavy atom. The Morgan fingerprint density at radius 2 is 1.95 bits per heavy atom. The number of anilines is 1. The fourth-order valence-electron chi connectivity index (χ4n) is 2.63. The van der Waals surface area contributed by atoms with Crippen molar-refractivity contribution in [3.8, 4) is 11.5 Å². The van der Waals surface area contributed by atoms with Crippen molar-refractivity contribution in [3.63, 3.8) is 0 Å². The number of nitrogens with zero attached hydrogens (tertiary/aromatic N) is 1. The molecule has 1 aliphatic rings. The molecule has 1 aliphatic heterocycles. The highest BCUT2D eigenvalue weighted by molar-refractivity contribution is 5.54. The molecule has 1 fully saturated rings. The van der Waals surface area contributed by atoms with Crippen LogP contribution >= 0.6 is 0 Å². The Bertz CT molecular complexity index is 423. The van der Waals surface area contributed by atoms with Crippen LogP contribution < -0.4 is 14.8 Å². The zero-order valence-electron chi connectivity index (χ0n) is 12.8. The molecule has 1 N–H and O–H groups in total. The smallest absolute Gasteiger partial charge is 0.163 e. The van der Waals surface area contributed by atoms with Crippen LogP contribution in [0.2, 0.25) is 0 Å². The fourth-order valence-corrected chi connectivity index (χ4v) is 2.63. The monoisotopic (exact) mass is 278 g/mol. The predicted molar refractivity (Wildman–Crippen MR) is 82.9 cm³/mol. The molecule has 0 bridgehead atoms. The zero-order valence-corrected chi connectivity index (χ0v) is 12.8. The van der Waals surface area contributed by atoms with Crippen LogP contribution in [-0.2, 0) is 0 Å². The molecule has 1 atom stereocenters. The molecule has 0 aromatic heterocycles. The quantitative estimate of drug-likeness (QED) is 0.831. The van der Waals surface area contributed by atoms with E-state index in [9.17, 15) is 0 Å². The van der Waals surface area contributed by atoms with Crippen LogP contribution in [0.4, 0.5) is 5.69 Å². The summed E-state index contributed by atoms with van der Waals surface area (Å²) >= 11 is 0. The Kier molecular flexibility index (Phi) is 5.53. The lowest BCUT2D eigenvalue weighted by Gasteiger charge is -2.21. The molecule has 4 nitrogen and oxygen atoms in total. The average Bonchev–Trinajstić information content (AvgIpc) is 2.85. The maximum Gasteiger partial charge on any atom is 0.163 e. The number of rotatable bonds is 7. The Morgan fingerprint density at radius 3 is 2.60 bits per heavy atom. The van der Waals surface area contributed by atoms with Crippen LogP contribution in [0.15, 0.2) is 18.2 Å². The number of ether oxygens (including phenoxy) is 2. The summed E-state index contributed by atoms with van der Waals surface area (Å²) in [6.45, 7) is 7.46. The summed E-state index contributed by atoms with van der Waals surface area (Å²) in [4.78, 5) is 2.42. The first-order chi connectivity index (χ1) is 9.74. The number of likely N-dealkylation sites (N-methyl/N-ethyl adjacent to an activating group) is 1. The van der Waals surface area contributed by atoms with E-state index in [0.29, 0.717) is 19.3 Å². The molecule has 4 heteroatoms. The van der Waals surface area contributed by atoms with Gasteiger partial charge in [-0.05, 0) is 52.4 Å². The maximum atomic E-state index is 5.65. The Labute approximate surface area is 122 Å². The van der Waals surface area contributed by atoms with Crippen LogP contribution in [0.1, 0.15) is 26.7 Å². The predicted octanol–water partition coefficient (Wildman–Crippen LogP) is 2.99. The molecule has 0 spiro atoms. The van der Waals surface area contributed by atoms with Gasteiger partial charge in [-0.3, -0.25) is 0 Å². The van der Waals surface area contributed by atoms with Crippen LogP contribution in [0.3, 0.4) is 0 Å². The van der Waals surface area contributed by atoms with E-state index in [4.69, 9.17) is 9.47 Å². The van der Waals surface area contributed by atoms with Crippen LogP contribution in [0.5, 0.6) is 11.5 Å². The molecule has 2 rings (SSSR count). The minimum absolute atomic E-state index is 0.636. The Hall–Kier alpha value is -1.42. The van der Waals surface area contributed by atoms with Gasteiger partial charge >= 0.3 is 0 Å². The second-order valence-electron chi connectivity index (χ2n) is 5.19. The normalized spacial score (nSPS) is 19.1. The third-order valence-electron chi connectivity index (χ3n) is 3.76. The first-order valence-corrected chi connectivity index (χ1v) is 7.58. The summed E-state index contributed by atoms with van der Waals surface area (Å²) in [5.74, 6) is 1.64. The van der Waals surface area contributed by atoms with Crippen molar-refractivity contribution >= 4 is 5.69 Å². The number of benzene rings is 1. The van der Waals surface area contributed by atoms with Gasteiger partial charge in [0.1, 0.15) is 0 Å². The molecule has 112 valence electrons. The number of likely N-dealkylation sites (tertiary alicyclic amines) is 1. The van der Waals surface area contributed by atoms with Gasteiger partial charge in [-0.1, -0.05) is 0 Å². The third-order valence-corrected chi connectivity index (χ3v) is 3.76. The van der Waals surface area contributed by atoms with E-state index >= 15 is 0 Å². The van der Waals surface area contributed by atoms with E-state index in [2.05, 4.69) is 23.3 Å². The molecule has 0 radical (unpaired) electrons. The summed E-state index contributed by atoms with van der Waals surface area (Å²) in [7, 11) is 2.20. The first-order valence-electron chi connectivity index (χ1n) is 7.58. The van der Waals surface area contributed by atoms with Gasteiger partial charge in [0.2, 0.25) is 0 Å². The third kappa shape index (κ3) is 3.79. The highest BCUT2D eigenvalue weighted by Gasteiger charge is 2.20. The molecule has 0 saturated carbocycles. The molecule has 1 unspecified atom stereocenters. The standard InChI is InChI=1S/C16H26N2O2/c1-4-19-15-9-8-13(11-16(15)20-5-2)17-12-14-7-6-10-18(14)3/h8-9,11,14,17H,4-7,10,12H2,1-3H3. The number of nitrogens with one attached hydrogen (secondary N) is 1. The van der Waals surface area contributed by atoms with Crippen molar-refractivity contribution in [1.29, 1.82) is 0 Å².